The Kier molecular flexibility index (Phi) is 6.58. The van der Waals surface area contributed by atoms with Crippen LogP contribution in [0.2, 0.25) is 0 Å². The number of methoxy groups -OCH3 is 3. The predicted octanol–water partition coefficient (Wildman–Crippen LogP) is 4.47. The molecule has 174 valence electrons. The van der Waals surface area contributed by atoms with Crippen LogP contribution in [0.5, 0.6) is 17.2 Å². The predicted molar refractivity (Wildman–Crippen MR) is 124 cm³/mol. The maximum Gasteiger partial charge on any atom is 0.295 e. The third-order valence-corrected chi connectivity index (χ3v) is 6.52. The summed E-state index contributed by atoms with van der Waals surface area (Å²) in [6, 6.07) is 11.5. The van der Waals surface area contributed by atoms with Gasteiger partial charge < -0.3 is 24.2 Å². The molecule has 7 heteroatoms. The Labute approximate surface area is 193 Å². The summed E-state index contributed by atoms with van der Waals surface area (Å²) in [4.78, 5) is 28.3. The first kappa shape index (κ1) is 22.7. The molecular weight excluding hydrogens is 422 g/mol. The summed E-state index contributed by atoms with van der Waals surface area (Å²) in [6.07, 6.45) is 4.78. The van der Waals surface area contributed by atoms with E-state index in [1.807, 2.05) is 18.2 Å². The van der Waals surface area contributed by atoms with Crippen LogP contribution >= 0.6 is 0 Å². The molecule has 1 aliphatic heterocycles. The molecule has 0 bridgehead atoms. The molecule has 1 heterocycles. The van der Waals surface area contributed by atoms with Gasteiger partial charge in [0, 0.05) is 6.04 Å². The molecule has 2 aromatic carbocycles. The van der Waals surface area contributed by atoms with Crippen LogP contribution in [0.15, 0.2) is 48.0 Å². The maximum absolute atomic E-state index is 13.4. The Morgan fingerprint density at radius 2 is 1.61 bits per heavy atom. The number of nitrogens with zero attached hydrogens (tertiary/aromatic N) is 1. The summed E-state index contributed by atoms with van der Waals surface area (Å²) < 4.78 is 16.1. The van der Waals surface area contributed by atoms with Gasteiger partial charge in [-0.05, 0) is 48.7 Å². The summed E-state index contributed by atoms with van der Waals surface area (Å²) in [6.45, 7) is 0. The van der Waals surface area contributed by atoms with Crippen molar-refractivity contribution < 1.29 is 28.9 Å². The molecule has 0 radical (unpaired) electrons. The lowest BCUT2D eigenvalue weighted by atomic mass is 9.90. The lowest BCUT2D eigenvalue weighted by Gasteiger charge is -2.35. The van der Waals surface area contributed by atoms with Gasteiger partial charge in [0.15, 0.2) is 0 Å². The van der Waals surface area contributed by atoms with Crippen molar-refractivity contribution in [1.29, 1.82) is 0 Å². The summed E-state index contributed by atoms with van der Waals surface area (Å²) in [5.41, 5.74) is 1.05. The fourth-order valence-electron chi connectivity index (χ4n) is 4.87. The molecule has 2 aromatic rings. The van der Waals surface area contributed by atoms with Crippen LogP contribution in [0.3, 0.4) is 0 Å². The van der Waals surface area contributed by atoms with Crippen LogP contribution in [0.1, 0.15) is 49.3 Å². The molecular formula is C26H29NO6. The summed E-state index contributed by atoms with van der Waals surface area (Å²) in [5.74, 6) is -0.0804. The Morgan fingerprint density at radius 1 is 0.909 bits per heavy atom. The average Bonchev–Trinajstić information content (AvgIpc) is 3.14. The van der Waals surface area contributed by atoms with E-state index in [9.17, 15) is 14.7 Å². The average molecular weight is 452 g/mol. The van der Waals surface area contributed by atoms with E-state index < -0.39 is 17.7 Å². The summed E-state index contributed by atoms with van der Waals surface area (Å²) >= 11 is 0. The molecule has 1 aliphatic carbocycles. The normalized spacial score (nSPS) is 20.7. The van der Waals surface area contributed by atoms with Crippen LogP contribution in [0.4, 0.5) is 0 Å². The van der Waals surface area contributed by atoms with Crippen molar-refractivity contribution in [3.05, 3.63) is 59.2 Å². The van der Waals surface area contributed by atoms with Gasteiger partial charge in [-0.15, -0.1) is 0 Å². The molecule has 1 amide bonds. The molecule has 0 aromatic heterocycles. The van der Waals surface area contributed by atoms with E-state index in [0.29, 0.717) is 28.4 Å². The zero-order valence-electron chi connectivity index (χ0n) is 19.2. The first-order valence-corrected chi connectivity index (χ1v) is 11.2. The molecule has 7 nitrogen and oxygen atoms in total. The van der Waals surface area contributed by atoms with Crippen LogP contribution in [-0.2, 0) is 9.59 Å². The number of carbonyl (C=O) groups excluding carboxylic acids is 2. The third kappa shape index (κ3) is 4.15. The molecule has 2 fully saturated rings. The number of rotatable bonds is 6. The Hall–Kier alpha value is -3.48. The fourth-order valence-corrected chi connectivity index (χ4v) is 4.87. The van der Waals surface area contributed by atoms with Gasteiger partial charge in [-0.25, -0.2) is 0 Å². The minimum Gasteiger partial charge on any atom is -0.507 e. The number of hydrogen-bond acceptors (Lipinski definition) is 6. The molecule has 2 aliphatic rings. The number of Topliss-reactive ketones (excluding diaryl/α,β-unsaturated/α-hetero) is 1. The molecule has 33 heavy (non-hydrogen) atoms. The fraction of sp³-hybridized carbons (Fsp3) is 0.385. The van der Waals surface area contributed by atoms with Crippen LogP contribution in [0, 0.1) is 0 Å². The first-order valence-electron chi connectivity index (χ1n) is 11.2. The first-order chi connectivity index (χ1) is 16.0. The highest BCUT2D eigenvalue weighted by molar-refractivity contribution is 6.46. The highest BCUT2D eigenvalue weighted by Crippen LogP contribution is 2.45. The van der Waals surface area contributed by atoms with E-state index in [-0.39, 0.29) is 17.4 Å². The minimum absolute atomic E-state index is 0.0466. The van der Waals surface area contributed by atoms with Gasteiger partial charge in [0.05, 0.1) is 38.5 Å². The van der Waals surface area contributed by atoms with Gasteiger partial charge >= 0.3 is 0 Å². The van der Waals surface area contributed by atoms with Crippen molar-refractivity contribution in [2.24, 2.45) is 0 Å². The third-order valence-electron chi connectivity index (χ3n) is 6.52. The number of amides is 1. The number of benzene rings is 2. The number of aliphatic hydroxyl groups excluding tert-OH is 1. The van der Waals surface area contributed by atoms with Crippen LogP contribution < -0.4 is 14.2 Å². The summed E-state index contributed by atoms with van der Waals surface area (Å²) in [5, 5.41) is 11.4. The van der Waals surface area contributed by atoms with Crippen molar-refractivity contribution in [3.63, 3.8) is 0 Å². The van der Waals surface area contributed by atoms with E-state index in [1.165, 1.54) is 14.2 Å². The molecule has 1 N–H and O–H groups in total. The van der Waals surface area contributed by atoms with E-state index >= 15 is 0 Å². The number of ketones is 1. The van der Waals surface area contributed by atoms with E-state index in [4.69, 9.17) is 14.2 Å². The van der Waals surface area contributed by atoms with Gasteiger partial charge in [0.25, 0.3) is 11.7 Å². The minimum atomic E-state index is -0.723. The van der Waals surface area contributed by atoms with Crippen molar-refractivity contribution in [1.82, 2.24) is 4.90 Å². The van der Waals surface area contributed by atoms with Crippen molar-refractivity contribution in [2.75, 3.05) is 21.3 Å². The topological polar surface area (TPSA) is 85.3 Å². The van der Waals surface area contributed by atoms with Crippen molar-refractivity contribution >= 4 is 17.4 Å². The molecule has 1 atom stereocenters. The second-order valence-corrected chi connectivity index (χ2v) is 8.34. The second kappa shape index (κ2) is 9.57. The number of likely N-dealkylation sites (tertiary alicyclic amines) is 1. The standard InChI is InChI=1S/C26H29NO6/c1-31-18-11-7-8-16(14-18)23-22(24(28)20-15-19(32-2)12-13-21(20)33-3)25(29)26(30)27(23)17-9-5-4-6-10-17/h7-8,11-15,17,23,28H,4-6,9-10H2,1-3H3/b24-22+. The van der Waals surface area contributed by atoms with Gasteiger partial charge in [0.2, 0.25) is 0 Å². The highest BCUT2D eigenvalue weighted by atomic mass is 16.5. The number of aliphatic hydroxyl groups is 1. The lowest BCUT2D eigenvalue weighted by Crippen LogP contribution is -2.40. The van der Waals surface area contributed by atoms with Crippen LogP contribution in [-0.4, -0.2) is 49.1 Å². The number of ether oxygens (including phenoxy) is 3. The van der Waals surface area contributed by atoms with Crippen molar-refractivity contribution in [2.45, 2.75) is 44.2 Å². The molecule has 4 rings (SSSR count). The van der Waals surface area contributed by atoms with E-state index in [2.05, 4.69) is 0 Å². The molecule has 1 unspecified atom stereocenters. The maximum atomic E-state index is 13.4. The number of carbonyl (C=O) groups is 2. The van der Waals surface area contributed by atoms with Gasteiger partial charge in [-0.1, -0.05) is 31.4 Å². The van der Waals surface area contributed by atoms with Gasteiger partial charge in [-0.2, -0.15) is 0 Å². The highest BCUT2D eigenvalue weighted by Gasteiger charge is 2.49. The van der Waals surface area contributed by atoms with E-state index in [0.717, 1.165) is 32.1 Å². The Bertz CT molecular complexity index is 1090. The quantitative estimate of drug-likeness (QED) is 0.396. The van der Waals surface area contributed by atoms with Gasteiger partial charge in [0.1, 0.15) is 23.0 Å². The Balaban J connectivity index is 1.93. The van der Waals surface area contributed by atoms with Crippen LogP contribution in [0.25, 0.3) is 5.76 Å². The largest absolute Gasteiger partial charge is 0.507 e. The summed E-state index contributed by atoms with van der Waals surface area (Å²) in [7, 11) is 4.57. The monoisotopic (exact) mass is 451 g/mol. The second-order valence-electron chi connectivity index (χ2n) is 8.34. The SMILES string of the molecule is COc1cccc(C2/C(=C(\O)c3cc(OC)ccc3OC)C(=O)C(=O)N2C2CCCCC2)c1. The molecule has 1 saturated carbocycles. The smallest absolute Gasteiger partial charge is 0.295 e. The van der Waals surface area contributed by atoms with Crippen molar-refractivity contribution in [3.8, 4) is 17.2 Å². The zero-order chi connectivity index (χ0) is 23.5. The zero-order valence-corrected chi connectivity index (χ0v) is 19.2. The molecule has 0 spiro atoms. The Morgan fingerprint density at radius 3 is 2.27 bits per heavy atom. The number of hydrogen-bond donors (Lipinski definition) is 1. The lowest BCUT2D eigenvalue weighted by molar-refractivity contribution is -0.141. The van der Waals surface area contributed by atoms with E-state index in [1.54, 1.807) is 36.3 Å². The molecule has 1 saturated heterocycles. The van der Waals surface area contributed by atoms with Gasteiger partial charge in [-0.3, -0.25) is 9.59 Å².